The van der Waals surface area contributed by atoms with Gasteiger partial charge >= 0.3 is 0 Å². The highest BCUT2D eigenvalue weighted by atomic mass is 32.1. The summed E-state index contributed by atoms with van der Waals surface area (Å²) in [4.78, 5) is 0. The summed E-state index contributed by atoms with van der Waals surface area (Å²) in [5, 5.41) is 3.44. The van der Waals surface area contributed by atoms with E-state index in [9.17, 15) is 0 Å². The Labute approximate surface area is 76.4 Å². The molecule has 2 heteroatoms. The quantitative estimate of drug-likeness (QED) is 0.447. The third kappa shape index (κ3) is 6.70. The lowest BCUT2D eigenvalue weighted by Gasteiger charge is -2.13. The van der Waals surface area contributed by atoms with E-state index in [0.717, 1.165) is 18.2 Å². The summed E-state index contributed by atoms with van der Waals surface area (Å²) in [5.74, 6) is 1.85. The standard InChI is InChI=1S/C9H21NS/c1-3-6-10-8-9(4-2)5-7-11/h9-11H,3-8H2,1-2H3. The summed E-state index contributed by atoms with van der Waals surface area (Å²) >= 11 is 4.23. The lowest BCUT2D eigenvalue weighted by Crippen LogP contribution is -2.23. The maximum Gasteiger partial charge on any atom is -0.00203 e. The molecule has 0 aliphatic carbocycles. The highest BCUT2D eigenvalue weighted by molar-refractivity contribution is 7.80. The number of hydrogen-bond acceptors (Lipinski definition) is 2. The van der Waals surface area contributed by atoms with Crippen LogP contribution in [0, 0.1) is 5.92 Å². The third-order valence-corrected chi connectivity index (χ3v) is 2.23. The van der Waals surface area contributed by atoms with E-state index < -0.39 is 0 Å². The number of hydrogen-bond donors (Lipinski definition) is 2. The molecule has 1 N–H and O–H groups in total. The molecule has 0 bridgehead atoms. The molecule has 1 unspecified atom stereocenters. The lowest BCUT2D eigenvalue weighted by atomic mass is 10.0. The highest BCUT2D eigenvalue weighted by Gasteiger charge is 2.02. The van der Waals surface area contributed by atoms with Crippen LogP contribution in [-0.4, -0.2) is 18.8 Å². The van der Waals surface area contributed by atoms with Gasteiger partial charge in [-0.1, -0.05) is 20.3 Å². The third-order valence-electron chi connectivity index (χ3n) is 1.97. The van der Waals surface area contributed by atoms with Crippen molar-refractivity contribution >= 4 is 12.6 Å². The minimum Gasteiger partial charge on any atom is -0.316 e. The van der Waals surface area contributed by atoms with Crippen LogP contribution in [0.5, 0.6) is 0 Å². The molecule has 0 saturated heterocycles. The normalized spacial score (nSPS) is 13.4. The van der Waals surface area contributed by atoms with E-state index >= 15 is 0 Å². The van der Waals surface area contributed by atoms with Crippen LogP contribution in [0.2, 0.25) is 0 Å². The average Bonchev–Trinajstić information content (AvgIpc) is 2.03. The fourth-order valence-electron chi connectivity index (χ4n) is 1.12. The van der Waals surface area contributed by atoms with Crippen molar-refractivity contribution in [3.63, 3.8) is 0 Å². The maximum atomic E-state index is 4.23. The molecule has 0 fully saturated rings. The molecule has 68 valence electrons. The molecule has 0 aliphatic heterocycles. The van der Waals surface area contributed by atoms with E-state index in [4.69, 9.17) is 0 Å². The van der Waals surface area contributed by atoms with Gasteiger partial charge in [0.1, 0.15) is 0 Å². The van der Waals surface area contributed by atoms with E-state index in [0.29, 0.717) is 0 Å². The van der Waals surface area contributed by atoms with Crippen LogP contribution < -0.4 is 5.32 Å². The van der Waals surface area contributed by atoms with Crippen molar-refractivity contribution in [3.05, 3.63) is 0 Å². The molecule has 0 aromatic carbocycles. The van der Waals surface area contributed by atoms with Crippen LogP contribution in [0.4, 0.5) is 0 Å². The smallest absolute Gasteiger partial charge is 0.00203 e. The summed E-state index contributed by atoms with van der Waals surface area (Å²) in [6, 6.07) is 0. The summed E-state index contributed by atoms with van der Waals surface area (Å²) < 4.78 is 0. The van der Waals surface area contributed by atoms with E-state index in [1.165, 1.54) is 25.8 Å². The van der Waals surface area contributed by atoms with Crippen LogP contribution in [-0.2, 0) is 0 Å². The van der Waals surface area contributed by atoms with Crippen molar-refractivity contribution in [3.8, 4) is 0 Å². The predicted molar refractivity (Wildman–Crippen MR) is 55.4 cm³/mol. The van der Waals surface area contributed by atoms with Crippen molar-refractivity contribution in [1.29, 1.82) is 0 Å². The molecule has 0 heterocycles. The van der Waals surface area contributed by atoms with Crippen LogP contribution in [0.3, 0.4) is 0 Å². The fourth-order valence-corrected chi connectivity index (χ4v) is 1.48. The second-order valence-corrected chi connectivity index (χ2v) is 3.44. The van der Waals surface area contributed by atoms with E-state index in [1.54, 1.807) is 0 Å². The van der Waals surface area contributed by atoms with Crippen LogP contribution >= 0.6 is 12.6 Å². The zero-order valence-corrected chi connectivity index (χ0v) is 8.66. The Morgan fingerprint density at radius 1 is 1.36 bits per heavy atom. The Kier molecular flexibility index (Phi) is 8.64. The van der Waals surface area contributed by atoms with Gasteiger partial charge in [0.05, 0.1) is 0 Å². The summed E-state index contributed by atoms with van der Waals surface area (Å²) in [6.07, 6.45) is 3.75. The summed E-state index contributed by atoms with van der Waals surface area (Å²) in [7, 11) is 0. The highest BCUT2D eigenvalue weighted by Crippen LogP contribution is 2.07. The zero-order valence-electron chi connectivity index (χ0n) is 7.77. The van der Waals surface area contributed by atoms with E-state index in [1.807, 2.05) is 0 Å². The van der Waals surface area contributed by atoms with Crippen molar-refractivity contribution < 1.29 is 0 Å². The van der Waals surface area contributed by atoms with Gasteiger partial charge in [0.15, 0.2) is 0 Å². The Hall–Kier alpha value is 0.310. The molecular weight excluding hydrogens is 154 g/mol. The van der Waals surface area contributed by atoms with E-state index in [-0.39, 0.29) is 0 Å². The molecule has 0 amide bonds. The van der Waals surface area contributed by atoms with Gasteiger partial charge < -0.3 is 5.32 Å². The molecule has 0 radical (unpaired) electrons. The number of nitrogens with one attached hydrogen (secondary N) is 1. The maximum absolute atomic E-state index is 4.23. The van der Waals surface area contributed by atoms with Crippen molar-refractivity contribution in [2.75, 3.05) is 18.8 Å². The monoisotopic (exact) mass is 175 g/mol. The van der Waals surface area contributed by atoms with Crippen LogP contribution in [0.15, 0.2) is 0 Å². The molecule has 0 spiro atoms. The lowest BCUT2D eigenvalue weighted by molar-refractivity contribution is 0.453. The van der Waals surface area contributed by atoms with Crippen molar-refractivity contribution in [1.82, 2.24) is 5.32 Å². The zero-order chi connectivity index (χ0) is 8.53. The van der Waals surface area contributed by atoms with Crippen molar-refractivity contribution in [2.24, 2.45) is 5.92 Å². The Morgan fingerprint density at radius 2 is 2.09 bits per heavy atom. The molecule has 11 heavy (non-hydrogen) atoms. The van der Waals surface area contributed by atoms with Gasteiger partial charge in [-0.3, -0.25) is 0 Å². The Morgan fingerprint density at radius 3 is 2.55 bits per heavy atom. The van der Waals surface area contributed by atoms with Gasteiger partial charge in [-0.15, -0.1) is 0 Å². The predicted octanol–water partition coefficient (Wildman–Crippen LogP) is 2.33. The Balaban J connectivity index is 3.20. The van der Waals surface area contributed by atoms with Gasteiger partial charge in [0.25, 0.3) is 0 Å². The summed E-state index contributed by atoms with van der Waals surface area (Å²) in [5.41, 5.74) is 0. The van der Waals surface area contributed by atoms with Gasteiger partial charge in [0, 0.05) is 0 Å². The molecule has 0 aliphatic rings. The van der Waals surface area contributed by atoms with Gasteiger partial charge in [0.2, 0.25) is 0 Å². The first-order valence-electron chi connectivity index (χ1n) is 4.66. The fraction of sp³-hybridized carbons (Fsp3) is 1.00. The topological polar surface area (TPSA) is 12.0 Å². The second-order valence-electron chi connectivity index (χ2n) is 2.99. The Bertz CT molecular complexity index is 76.0. The number of thiol groups is 1. The first kappa shape index (κ1) is 11.3. The minimum absolute atomic E-state index is 0.832. The van der Waals surface area contributed by atoms with Crippen LogP contribution in [0.1, 0.15) is 33.1 Å². The largest absolute Gasteiger partial charge is 0.316 e. The first-order chi connectivity index (χ1) is 5.35. The first-order valence-corrected chi connectivity index (χ1v) is 5.29. The molecular formula is C9H21NS. The molecule has 0 aromatic heterocycles. The van der Waals surface area contributed by atoms with Gasteiger partial charge in [-0.25, -0.2) is 0 Å². The molecule has 1 nitrogen and oxygen atoms in total. The van der Waals surface area contributed by atoms with E-state index in [2.05, 4.69) is 31.8 Å². The number of rotatable bonds is 7. The molecule has 0 rings (SSSR count). The van der Waals surface area contributed by atoms with Gasteiger partial charge in [-0.05, 0) is 37.6 Å². The van der Waals surface area contributed by atoms with Gasteiger partial charge in [-0.2, -0.15) is 12.6 Å². The molecule has 0 saturated carbocycles. The average molecular weight is 175 g/mol. The second kappa shape index (κ2) is 8.41. The van der Waals surface area contributed by atoms with Crippen molar-refractivity contribution in [2.45, 2.75) is 33.1 Å². The SMILES string of the molecule is CCCNCC(CC)CCS. The molecule has 0 aromatic rings. The van der Waals surface area contributed by atoms with Crippen LogP contribution in [0.25, 0.3) is 0 Å². The minimum atomic E-state index is 0.832. The molecule has 1 atom stereocenters. The summed E-state index contributed by atoms with van der Waals surface area (Å²) in [6.45, 7) is 6.78.